The summed E-state index contributed by atoms with van der Waals surface area (Å²) in [6.07, 6.45) is 1.54. The molecule has 3 N–H and O–H groups in total. The summed E-state index contributed by atoms with van der Waals surface area (Å²) >= 11 is 5.99. The van der Waals surface area contributed by atoms with Gasteiger partial charge in [0.05, 0.1) is 11.9 Å². The molecule has 0 spiro atoms. The zero-order valence-electron chi connectivity index (χ0n) is 10.4. The van der Waals surface area contributed by atoms with Crippen molar-refractivity contribution in [2.45, 2.75) is 20.0 Å². The van der Waals surface area contributed by atoms with Crippen molar-refractivity contribution >= 4 is 23.2 Å². The van der Waals surface area contributed by atoms with Gasteiger partial charge in [0.25, 0.3) is 0 Å². The fraction of sp³-hybridized carbons (Fsp3) is 0.250. The Labute approximate surface area is 115 Å². The second kappa shape index (κ2) is 5.81. The van der Waals surface area contributed by atoms with Crippen molar-refractivity contribution in [3.63, 3.8) is 0 Å². The van der Waals surface area contributed by atoms with Gasteiger partial charge in [0.1, 0.15) is 6.54 Å². The van der Waals surface area contributed by atoms with E-state index in [9.17, 15) is 4.79 Å². The maximum Gasteiger partial charge on any atom is 0.246 e. The number of nitrogens with zero attached hydrogens (tertiary/aromatic N) is 3. The number of aromatic nitrogens is 3. The molecule has 0 saturated carbocycles. The van der Waals surface area contributed by atoms with Crippen LogP contribution in [0.5, 0.6) is 0 Å². The Bertz CT molecular complexity index is 596. The summed E-state index contributed by atoms with van der Waals surface area (Å²) in [6, 6.07) is 5.35. The number of hydrogen-bond donors (Lipinski definition) is 2. The number of benzene rings is 1. The maximum absolute atomic E-state index is 11.9. The van der Waals surface area contributed by atoms with Gasteiger partial charge in [-0.3, -0.25) is 4.79 Å². The highest BCUT2D eigenvalue weighted by Gasteiger charge is 2.08. The summed E-state index contributed by atoms with van der Waals surface area (Å²) in [5.74, 6) is -0.208. The van der Waals surface area contributed by atoms with E-state index < -0.39 is 0 Å². The highest BCUT2D eigenvalue weighted by molar-refractivity contribution is 6.31. The Balaban J connectivity index is 2.03. The van der Waals surface area contributed by atoms with E-state index in [4.69, 9.17) is 17.3 Å². The molecule has 0 fully saturated rings. The predicted molar refractivity (Wildman–Crippen MR) is 72.7 cm³/mol. The van der Waals surface area contributed by atoms with Gasteiger partial charge < -0.3 is 11.1 Å². The number of anilines is 1. The number of halogens is 1. The van der Waals surface area contributed by atoms with E-state index in [2.05, 4.69) is 15.6 Å². The van der Waals surface area contributed by atoms with Crippen molar-refractivity contribution < 1.29 is 4.79 Å². The molecule has 100 valence electrons. The van der Waals surface area contributed by atoms with E-state index in [1.807, 2.05) is 13.0 Å². The molecule has 0 aliphatic carbocycles. The molecule has 2 aromatic rings. The molecule has 1 aromatic heterocycles. The first-order valence-corrected chi connectivity index (χ1v) is 6.11. The lowest BCUT2D eigenvalue weighted by Gasteiger charge is -2.08. The number of nitrogens with one attached hydrogen (secondary N) is 1. The molecule has 0 atom stereocenters. The zero-order chi connectivity index (χ0) is 13.8. The van der Waals surface area contributed by atoms with Crippen LogP contribution in [0.4, 0.5) is 5.69 Å². The second-order valence-corrected chi connectivity index (χ2v) is 4.51. The number of nitrogens with two attached hydrogens (primary N) is 1. The van der Waals surface area contributed by atoms with Crippen molar-refractivity contribution in [1.29, 1.82) is 0 Å². The third-order valence-corrected chi connectivity index (χ3v) is 3.06. The van der Waals surface area contributed by atoms with Crippen LogP contribution in [0, 0.1) is 6.92 Å². The molecule has 0 aliphatic rings. The number of aryl methyl sites for hydroxylation is 1. The Kier molecular flexibility index (Phi) is 4.13. The first kappa shape index (κ1) is 13.5. The molecule has 0 unspecified atom stereocenters. The lowest BCUT2D eigenvalue weighted by molar-refractivity contribution is -0.117. The standard InChI is InChI=1S/C12H14ClN5O/c1-8-2-3-9(4-11(8)13)16-12(19)7-18-10(5-14)6-15-17-18/h2-4,6H,5,7,14H2,1H3,(H,16,19). The summed E-state index contributed by atoms with van der Waals surface area (Å²) in [7, 11) is 0. The van der Waals surface area contributed by atoms with E-state index in [1.165, 1.54) is 10.9 Å². The van der Waals surface area contributed by atoms with Crippen LogP contribution < -0.4 is 11.1 Å². The van der Waals surface area contributed by atoms with Gasteiger partial charge in [-0.25, -0.2) is 4.68 Å². The topological polar surface area (TPSA) is 85.8 Å². The van der Waals surface area contributed by atoms with Crippen molar-refractivity contribution in [2.24, 2.45) is 5.73 Å². The van der Waals surface area contributed by atoms with E-state index in [1.54, 1.807) is 12.1 Å². The largest absolute Gasteiger partial charge is 0.325 e. The summed E-state index contributed by atoms with van der Waals surface area (Å²) < 4.78 is 1.46. The summed E-state index contributed by atoms with van der Waals surface area (Å²) in [6.45, 7) is 2.26. The van der Waals surface area contributed by atoms with E-state index in [0.29, 0.717) is 16.4 Å². The first-order chi connectivity index (χ1) is 9.10. The number of amides is 1. The second-order valence-electron chi connectivity index (χ2n) is 4.10. The van der Waals surface area contributed by atoms with Crippen LogP contribution in [0.1, 0.15) is 11.3 Å². The third kappa shape index (κ3) is 3.30. The van der Waals surface area contributed by atoms with Crippen molar-refractivity contribution in [1.82, 2.24) is 15.0 Å². The molecule has 1 aromatic carbocycles. The highest BCUT2D eigenvalue weighted by atomic mass is 35.5. The lowest BCUT2D eigenvalue weighted by Crippen LogP contribution is -2.21. The molecule has 0 radical (unpaired) electrons. The molecule has 0 saturated heterocycles. The van der Waals surface area contributed by atoms with Gasteiger partial charge in [-0.2, -0.15) is 0 Å². The maximum atomic E-state index is 11.9. The molecule has 7 heteroatoms. The molecule has 0 bridgehead atoms. The Morgan fingerprint density at radius 2 is 2.32 bits per heavy atom. The van der Waals surface area contributed by atoms with E-state index in [-0.39, 0.29) is 19.0 Å². The van der Waals surface area contributed by atoms with Crippen LogP contribution in [-0.4, -0.2) is 20.9 Å². The summed E-state index contributed by atoms with van der Waals surface area (Å²) in [5, 5.41) is 10.9. The molecule has 6 nitrogen and oxygen atoms in total. The normalized spacial score (nSPS) is 10.5. The number of rotatable bonds is 4. The molecule has 1 amide bonds. The lowest BCUT2D eigenvalue weighted by atomic mass is 10.2. The van der Waals surface area contributed by atoms with Gasteiger partial charge in [0.15, 0.2) is 0 Å². The molecule has 2 rings (SSSR count). The molecular weight excluding hydrogens is 266 g/mol. The van der Waals surface area contributed by atoms with E-state index >= 15 is 0 Å². The fourth-order valence-electron chi connectivity index (χ4n) is 1.58. The number of hydrogen-bond acceptors (Lipinski definition) is 4. The summed E-state index contributed by atoms with van der Waals surface area (Å²) in [4.78, 5) is 11.9. The average Bonchev–Trinajstić information content (AvgIpc) is 2.81. The average molecular weight is 280 g/mol. The van der Waals surface area contributed by atoms with Gasteiger partial charge in [-0.1, -0.05) is 22.9 Å². The van der Waals surface area contributed by atoms with Crippen LogP contribution in [-0.2, 0) is 17.9 Å². The van der Waals surface area contributed by atoms with Crippen LogP contribution in [0.25, 0.3) is 0 Å². The molecule has 1 heterocycles. The zero-order valence-corrected chi connectivity index (χ0v) is 11.2. The minimum absolute atomic E-state index is 0.0675. The van der Waals surface area contributed by atoms with Crippen molar-refractivity contribution in [3.8, 4) is 0 Å². The monoisotopic (exact) mass is 279 g/mol. The smallest absolute Gasteiger partial charge is 0.246 e. The van der Waals surface area contributed by atoms with Gasteiger partial charge in [0.2, 0.25) is 5.91 Å². The highest BCUT2D eigenvalue weighted by Crippen LogP contribution is 2.19. The Morgan fingerprint density at radius 3 is 3.00 bits per heavy atom. The van der Waals surface area contributed by atoms with Crippen LogP contribution in [0.15, 0.2) is 24.4 Å². The van der Waals surface area contributed by atoms with Crippen molar-refractivity contribution in [3.05, 3.63) is 40.7 Å². The Morgan fingerprint density at radius 1 is 1.53 bits per heavy atom. The minimum Gasteiger partial charge on any atom is -0.325 e. The molecule has 19 heavy (non-hydrogen) atoms. The fourth-order valence-corrected chi connectivity index (χ4v) is 1.76. The number of carbonyl (C=O) groups is 1. The van der Waals surface area contributed by atoms with Gasteiger partial charge >= 0.3 is 0 Å². The quantitative estimate of drug-likeness (QED) is 0.884. The van der Waals surface area contributed by atoms with Crippen LogP contribution >= 0.6 is 11.6 Å². The van der Waals surface area contributed by atoms with Gasteiger partial charge in [-0.15, -0.1) is 5.10 Å². The Hall–Kier alpha value is -1.92. The van der Waals surface area contributed by atoms with Crippen LogP contribution in [0.3, 0.4) is 0 Å². The van der Waals surface area contributed by atoms with E-state index in [0.717, 1.165) is 5.56 Å². The van der Waals surface area contributed by atoms with Gasteiger partial charge in [0, 0.05) is 17.3 Å². The summed E-state index contributed by atoms with van der Waals surface area (Å²) in [5.41, 5.74) is 7.82. The molecule has 0 aliphatic heterocycles. The van der Waals surface area contributed by atoms with Gasteiger partial charge in [-0.05, 0) is 24.6 Å². The van der Waals surface area contributed by atoms with Crippen molar-refractivity contribution in [2.75, 3.05) is 5.32 Å². The SMILES string of the molecule is Cc1ccc(NC(=O)Cn2nncc2CN)cc1Cl. The minimum atomic E-state index is -0.208. The molecular formula is C12H14ClN5O. The van der Waals surface area contributed by atoms with Crippen LogP contribution in [0.2, 0.25) is 5.02 Å². The third-order valence-electron chi connectivity index (χ3n) is 2.66. The number of carbonyl (C=O) groups excluding carboxylic acids is 1. The first-order valence-electron chi connectivity index (χ1n) is 5.73. The predicted octanol–water partition coefficient (Wildman–Crippen LogP) is 1.34.